The van der Waals surface area contributed by atoms with Crippen molar-refractivity contribution in [2.75, 3.05) is 18.4 Å². The zero-order valence-corrected chi connectivity index (χ0v) is 15.7. The van der Waals surface area contributed by atoms with E-state index in [4.69, 9.17) is 4.98 Å². The minimum Gasteiger partial charge on any atom is -0.325 e. The lowest BCUT2D eigenvalue weighted by atomic mass is 9.97. The van der Waals surface area contributed by atoms with Crippen molar-refractivity contribution in [3.63, 3.8) is 0 Å². The van der Waals surface area contributed by atoms with Gasteiger partial charge in [0, 0.05) is 18.2 Å². The number of rotatable bonds is 4. The lowest BCUT2D eigenvalue weighted by Gasteiger charge is -2.35. The minimum atomic E-state index is -0.146. The van der Waals surface area contributed by atoms with Crippen LogP contribution in [0.5, 0.6) is 0 Å². The van der Waals surface area contributed by atoms with E-state index in [1.165, 1.54) is 9.71 Å². The van der Waals surface area contributed by atoms with E-state index >= 15 is 0 Å². The Bertz CT molecular complexity index is 859. The molecule has 2 aromatic carbocycles. The summed E-state index contributed by atoms with van der Waals surface area (Å²) in [5, 5.41) is 4.22. The standard InChI is InChI=1S/C21H23N3OS/c1-15(20(25)22-17-9-3-2-4-10-17)24-13-7-8-16(14-24)21-23-18-11-5-6-12-19(18)26-21/h2-6,9-12,15-16H,7-8,13-14H2,1H3,(H,22,25)/t15-,16-/m0/s1. The topological polar surface area (TPSA) is 45.2 Å². The summed E-state index contributed by atoms with van der Waals surface area (Å²) < 4.78 is 1.24. The van der Waals surface area contributed by atoms with Crippen molar-refractivity contribution in [2.45, 2.75) is 31.7 Å². The van der Waals surface area contributed by atoms with Crippen molar-refractivity contribution < 1.29 is 4.79 Å². The van der Waals surface area contributed by atoms with Crippen LogP contribution in [0.3, 0.4) is 0 Å². The van der Waals surface area contributed by atoms with Crippen LogP contribution in [0.1, 0.15) is 30.7 Å². The van der Waals surface area contributed by atoms with E-state index in [1.54, 1.807) is 11.3 Å². The third-order valence-electron chi connectivity index (χ3n) is 5.08. The molecule has 2 atom stereocenters. The normalized spacial score (nSPS) is 19.3. The zero-order chi connectivity index (χ0) is 17.9. The van der Waals surface area contributed by atoms with Gasteiger partial charge in [-0.05, 0) is 50.6 Å². The molecule has 4 nitrogen and oxygen atoms in total. The predicted octanol–water partition coefficient (Wildman–Crippen LogP) is 4.50. The Morgan fingerprint density at radius 2 is 1.96 bits per heavy atom. The molecule has 4 rings (SSSR count). The number of carbonyl (C=O) groups excluding carboxylic acids is 1. The highest BCUT2D eigenvalue weighted by Gasteiger charge is 2.29. The Morgan fingerprint density at radius 1 is 1.19 bits per heavy atom. The first-order valence-corrected chi connectivity index (χ1v) is 9.98. The molecule has 0 saturated carbocycles. The number of hydrogen-bond acceptors (Lipinski definition) is 4. The number of nitrogens with one attached hydrogen (secondary N) is 1. The molecule has 1 aliphatic rings. The van der Waals surface area contributed by atoms with Crippen LogP contribution in [0, 0.1) is 0 Å². The third kappa shape index (κ3) is 3.64. The number of aromatic nitrogens is 1. The second-order valence-electron chi connectivity index (χ2n) is 6.89. The molecule has 26 heavy (non-hydrogen) atoms. The van der Waals surface area contributed by atoms with Crippen LogP contribution in [-0.2, 0) is 4.79 Å². The summed E-state index contributed by atoms with van der Waals surface area (Å²) >= 11 is 1.79. The SMILES string of the molecule is C[C@@H](C(=O)Nc1ccccc1)N1CCC[C@H](c2nc3ccccc3s2)C1. The number of nitrogens with zero attached hydrogens (tertiary/aromatic N) is 2. The van der Waals surface area contributed by atoms with E-state index in [2.05, 4.69) is 28.4 Å². The van der Waals surface area contributed by atoms with Gasteiger partial charge in [0.2, 0.25) is 5.91 Å². The smallest absolute Gasteiger partial charge is 0.241 e. The molecule has 0 spiro atoms. The summed E-state index contributed by atoms with van der Waals surface area (Å²) in [5.41, 5.74) is 1.93. The van der Waals surface area contributed by atoms with Crippen LogP contribution in [-0.4, -0.2) is 34.9 Å². The molecule has 1 amide bonds. The average Bonchev–Trinajstić information content (AvgIpc) is 3.12. The summed E-state index contributed by atoms with van der Waals surface area (Å²) in [6, 6.07) is 17.8. The van der Waals surface area contributed by atoms with Gasteiger partial charge in [-0.3, -0.25) is 9.69 Å². The fourth-order valence-corrected chi connectivity index (χ4v) is 4.65. The molecule has 1 saturated heterocycles. The Balaban J connectivity index is 1.44. The first-order chi connectivity index (χ1) is 12.7. The highest BCUT2D eigenvalue weighted by Crippen LogP contribution is 2.33. The van der Waals surface area contributed by atoms with E-state index in [0.29, 0.717) is 5.92 Å². The highest BCUT2D eigenvalue weighted by molar-refractivity contribution is 7.18. The molecular formula is C21H23N3OS. The van der Waals surface area contributed by atoms with E-state index < -0.39 is 0 Å². The molecule has 0 radical (unpaired) electrons. The quantitative estimate of drug-likeness (QED) is 0.740. The van der Waals surface area contributed by atoms with Crippen molar-refractivity contribution in [3.05, 3.63) is 59.6 Å². The summed E-state index contributed by atoms with van der Waals surface area (Å²) in [4.78, 5) is 19.8. The van der Waals surface area contributed by atoms with Gasteiger partial charge in [0.1, 0.15) is 0 Å². The number of piperidine rings is 1. The first-order valence-electron chi connectivity index (χ1n) is 9.16. The Hall–Kier alpha value is -2.24. The second kappa shape index (κ2) is 7.56. The molecule has 0 bridgehead atoms. The average molecular weight is 366 g/mol. The molecule has 134 valence electrons. The van der Waals surface area contributed by atoms with Gasteiger partial charge < -0.3 is 5.32 Å². The zero-order valence-electron chi connectivity index (χ0n) is 14.9. The third-order valence-corrected chi connectivity index (χ3v) is 6.28. The molecule has 0 unspecified atom stereocenters. The van der Waals surface area contributed by atoms with E-state index in [9.17, 15) is 4.79 Å². The molecular weight excluding hydrogens is 342 g/mol. The van der Waals surface area contributed by atoms with E-state index in [-0.39, 0.29) is 11.9 Å². The summed E-state index contributed by atoms with van der Waals surface area (Å²) in [5.74, 6) is 0.467. The van der Waals surface area contributed by atoms with Crippen molar-refractivity contribution >= 4 is 33.1 Å². The van der Waals surface area contributed by atoms with Crippen molar-refractivity contribution in [3.8, 4) is 0 Å². The Morgan fingerprint density at radius 3 is 2.77 bits per heavy atom. The van der Waals surface area contributed by atoms with Gasteiger partial charge in [-0.25, -0.2) is 4.98 Å². The van der Waals surface area contributed by atoms with Gasteiger partial charge in [0.05, 0.1) is 21.3 Å². The van der Waals surface area contributed by atoms with Crippen molar-refractivity contribution in [1.29, 1.82) is 0 Å². The minimum absolute atomic E-state index is 0.0566. The van der Waals surface area contributed by atoms with Crippen molar-refractivity contribution in [2.24, 2.45) is 0 Å². The van der Waals surface area contributed by atoms with Gasteiger partial charge >= 0.3 is 0 Å². The lowest BCUT2D eigenvalue weighted by molar-refractivity contribution is -0.121. The van der Waals surface area contributed by atoms with Gasteiger partial charge in [-0.2, -0.15) is 0 Å². The molecule has 1 N–H and O–H groups in total. The van der Waals surface area contributed by atoms with E-state index in [1.807, 2.05) is 43.3 Å². The summed E-state index contributed by atoms with van der Waals surface area (Å²) in [7, 11) is 0. The molecule has 0 aliphatic carbocycles. The molecule has 5 heteroatoms. The second-order valence-corrected chi connectivity index (χ2v) is 7.95. The van der Waals surface area contributed by atoms with Gasteiger partial charge in [0.15, 0.2) is 0 Å². The molecule has 2 heterocycles. The molecule has 1 aliphatic heterocycles. The van der Waals surface area contributed by atoms with Gasteiger partial charge in [-0.15, -0.1) is 11.3 Å². The lowest BCUT2D eigenvalue weighted by Crippen LogP contribution is -2.46. The summed E-state index contributed by atoms with van der Waals surface area (Å²) in [6.07, 6.45) is 2.24. The van der Waals surface area contributed by atoms with Crippen LogP contribution in [0.15, 0.2) is 54.6 Å². The van der Waals surface area contributed by atoms with Crippen LogP contribution in [0.2, 0.25) is 0 Å². The van der Waals surface area contributed by atoms with Gasteiger partial charge in [0.25, 0.3) is 0 Å². The number of benzene rings is 2. The fourth-order valence-electron chi connectivity index (χ4n) is 3.56. The number of hydrogen-bond donors (Lipinski definition) is 1. The monoisotopic (exact) mass is 365 g/mol. The van der Waals surface area contributed by atoms with Crippen LogP contribution < -0.4 is 5.32 Å². The number of likely N-dealkylation sites (tertiary alicyclic amines) is 1. The number of carbonyl (C=O) groups is 1. The number of anilines is 1. The fraction of sp³-hybridized carbons (Fsp3) is 0.333. The maximum Gasteiger partial charge on any atom is 0.241 e. The number of amides is 1. The largest absolute Gasteiger partial charge is 0.325 e. The molecule has 3 aromatic rings. The first kappa shape index (κ1) is 17.2. The highest BCUT2D eigenvalue weighted by atomic mass is 32.1. The Kier molecular flexibility index (Phi) is 5.00. The Labute approximate surface area is 157 Å². The van der Waals surface area contributed by atoms with Gasteiger partial charge in [-0.1, -0.05) is 30.3 Å². The number of thiazole rings is 1. The van der Waals surface area contributed by atoms with E-state index in [0.717, 1.165) is 37.1 Å². The number of para-hydroxylation sites is 2. The van der Waals surface area contributed by atoms with Crippen LogP contribution in [0.4, 0.5) is 5.69 Å². The predicted molar refractivity (Wildman–Crippen MR) is 108 cm³/mol. The maximum absolute atomic E-state index is 12.6. The number of fused-ring (bicyclic) bond motifs is 1. The van der Waals surface area contributed by atoms with Crippen LogP contribution in [0.25, 0.3) is 10.2 Å². The molecule has 1 fully saturated rings. The van der Waals surface area contributed by atoms with Crippen LogP contribution >= 0.6 is 11.3 Å². The summed E-state index contributed by atoms with van der Waals surface area (Å²) in [6.45, 7) is 3.85. The van der Waals surface area contributed by atoms with Crippen molar-refractivity contribution in [1.82, 2.24) is 9.88 Å². The molecule has 1 aromatic heterocycles. The maximum atomic E-state index is 12.6.